The van der Waals surface area contributed by atoms with Gasteiger partial charge in [-0.1, -0.05) is 26.0 Å². The second-order valence-corrected chi connectivity index (χ2v) is 5.74. The second-order valence-electron chi connectivity index (χ2n) is 5.74. The van der Waals surface area contributed by atoms with Crippen LogP contribution in [0, 0.1) is 17.6 Å². The average Bonchev–Trinajstić information content (AvgIpc) is 2.84. The van der Waals surface area contributed by atoms with Crippen LogP contribution >= 0.6 is 0 Å². The molecule has 1 fully saturated rings. The number of halogens is 2. The molecule has 112 valence electrons. The molecule has 0 aliphatic carbocycles. The predicted octanol–water partition coefficient (Wildman–Crippen LogP) is 3.35. The van der Waals surface area contributed by atoms with E-state index in [9.17, 15) is 8.78 Å². The highest BCUT2D eigenvalue weighted by molar-refractivity contribution is 5.22. The maximum atomic E-state index is 13.9. The topological polar surface area (TPSA) is 15.3 Å². The molecule has 1 aliphatic heterocycles. The molecule has 0 aromatic heterocycles. The number of likely N-dealkylation sites (tertiary alicyclic amines) is 1. The Morgan fingerprint density at radius 3 is 2.85 bits per heavy atom. The fourth-order valence-electron chi connectivity index (χ4n) is 2.94. The largest absolute Gasteiger partial charge is 0.310 e. The summed E-state index contributed by atoms with van der Waals surface area (Å²) in [5.41, 5.74) is 0.444. The van der Waals surface area contributed by atoms with Gasteiger partial charge in [0, 0.05) is 18.2 Å². The molecule has 0 saturated carbocycles. The molecule has 2 nitrogen and oxygen atoms in total. The van der Waals surface area contributed by atoms with E-state index in [1.54, 1.807) is 12.1 Å². The Balaban J connectivity index is 2.01. The molecule has 1 N–H and O–H groups in total. The lowest BCUT2D eigenvalue weighted by Crippen LogP contribution is -2.29. The zero-order valence-corrected chi connectivity index (χ0v) is 12.3. The van der Waals surface area contributed by atoms with Gasteiger partial charge in [-0.2, -0.15) is 0 Å². The Labute approximate surface area is 120 Å². The van der Waals surface area contributed by atoms with Gasteiger partial charge < -0.3 is 10.2 Å². The highest BCUT2D eigenvalue weighted by Gasteiger charge is 2.22. The summed E-state index contributed by atoms with van der Waals surface area (Å²) in [6.07, 6.45) is 2.04. The molecule has 0 radical (unpaired) electrons. The maximum Gasteiger partial charge on any atom is 0.163 e. The lowest BCUT2D eigenvalue weighted by molar-refractivity contribution is 0.300. The molecule has 0 spiro atoms. The van der Waals surface area contributed by atoms with Crippen LogP contribution in [0.2, 0.25) is 0 Å². The summed E-state index contributed by atoms with van der Waals surface area (Å²) >= 11 is 0. The third-order valence-electron chi connectivity index (χ3n) is 4.05. The van der Waals surface area contributed by atoms with E-state index in [2.05, 4.69) is 17.1 Å². The molecule has 4 heteroatoms. The smallest absolute Gasteiger partial charge is 0.163 e. The Hall–Kier alpha value is -1.00. The van der Waals surface area contributed by atoms with Gasteiger partial charge in [0.05, 0.1) is 0 Å². The first kappa shape index (κ1) is 15.4. The van der Waals surface area contributed by atoms with E-state index in [1.807, 2.05) is 6.92 Å². The fraction of sp³-hybridized carbons (Fsp3) is 0.625. The minimum Gasteiger partial charge on any atom is -0.310 e. The van der Waals surface area contributed by atoms with Crippen LogP contribution in [0.4, 0.5) is 8.78 Å². The lowest BCUT2D eigenvalue weighted by atomic mass is 10.0. The first-order valence-electron chi connectivity index (χ1n) is 7.51. The number of nitrogens with zero attached hydrogens (tertiary/aromatic N) is 1. The van der Waals surface area contributed by atoms with Crippen LogP contribution in [0.15, 0.2) is 18.2 Å². The highest BCUT2D eigenvalue weighted by atomic mass is 19.2. The molecule has 1 saturated heterocycles. The van der Waals surface area contributed by atoms with Crippen molar-refractivity contribution >= 4 is 0 Å². The van der Waals surface area contributed by atoms with Crippen molar-refractivity contribution in [2.24, 2.45) is 5.92 Å². The lowest BCUT2D eigenvalue weighted by Gasteiger charge is -2.23. The second kappa shape index (κ2) is 7.14. The summed E-state index contributed by atoms with van der Waals surface area (Å²) in [6, 6.07) is 4.31. The summed E-state index contributed by atoms with van der Waals surface area (Å²) in [7, 11) is 0. The van der Waals surface area contributed by atoms with Gasteiger partial charge >= 0.3 is 0 Å². The van der Waals surface area contributed by atoms with E-state index in [-0.39, 0.29) is 6.04 Å². The average molecular weight is 282 g/mol. The van der Waals surface area contributed by atoms with E-state index in [4.69, 9.17) is 0 Å². The van der Waals surface area contributed by atoms with E-state index < -0.39 is 11.6 Å². The Morgan fingerprint density at radius 2 is 2.20 bits per heavy atom. The molecule has 1 aromatic carbocycles. The predicted molar refractivity (Wildman–Crippen MR) is 77.6 cm³/mol. The standard InChI is InChI=1S/C16H24F2N2/c1-3-19-15(8-10-20-9-7-12(2)11-20)13-5-4-6-14(17)16(13)18/h4-6,12,15,19H,3,7-11H2,1-2H3. The first-order chi connectivity index (χ1) is 9.61. The Bertz CT molecular complexity index is 436. The number of rotatable bonds is 6. The van der Waals surface area contributed by atoms with E-state index in [0.717, 1.165) is 38.5 Å². The summed E-state index contributed by atoms with van der Waals surface area (Å²) in [4.78, 5) is 2.41. The quantitative estimate of drug-likeness (QED) is 0.861. The van der Waals surface area contributed by atoms with Gasteiger partial charge in [-0.25, -0.2) is 8.78 Å². The molecular weight excluding hydrogens is 258 g/mol. The summed E-state index contributed by atoms with van der Waals surface area (Å²) < 4.78 is 27.3. The minimum atomic E-state index is -0.764. The molecule has 20 heavy (non-hydrogen) atoms. The van der Waals surface area contributed by atoms with Gasteiger partial charge in [-0.15, -0.1) is 0 Å². The summed E-state index contributed by atoms with van der Waals surface area (Å²) in [6.45, 7) is 8.15. The zero-order valence-electron chi connectivity index (χ0n) is 12.3. The SMILES string of the molecule is CCNC(CCN1CCC(C)C1)c1cccc(F)c1F. The van der Waals surface area contributed by atoms with Gasteiger partial charge in [0.1, 0.15) is 0 Å². The molecule has 2 unspecified atom stereocenters. The van der Waals surface area contributed by atoms with Crippen LogP contribution in [0.25, 0.3) is 0 Å². The molecular formula is C16H24F2N2. The van der Waals surface area contributed by atoms with Crippen molar-refractivity contribution in [1.82, 2.24) is 10.2 Å². The van der Waals surface area contributed by atoms with Crippen LogP contribution in [0.1, 0.15) is 38.3 Å². The van der Waals surface area contributed by atoms with Crippen molar-refractivity contribution in [1.29, 1.82) is 0 Å². The normalized spacial score (nSPS) is 21.3. The van der Waals surface area contributed by atoms with E-state index in [1.165, 1.54) is 12.5 Å². The molecule has 1 aromatic rings. The highest BCUT2D eigenvalue weighted by Crippen LogP contribution is 2.24. The van der Waals surface area contributed by atoms with Crippen molar-refractivity contribution < 1.29 is 8.78 Å². The molecule has 1 heterocycles. The van der Waals surface area contributed by atoms with E-state index in [0.29, 0.717) is 5.56 Å². The minimum absolute atomic E-state index is 0.119. The number of nitrogens with one attached hydrogen (secondary N) is 1. The monoisotopic (exact) mass is 282 g/mol. The number of hydrogen-bond donors (Lipinski definition) is 1. The molecule has 2 atom stereocenters. The van der Waals surface area contributed by atoms with Crippen LogP contribution in [0.3, 0.4) is 0 Å². The van der Waals surface area contributed by atoms with Gasteiger partial charge in [0.15, 0.2) is 11.6 Å². The zero-order chi connectivity index (χ0) is 14.5. The fourth-order valence-corrected chi connectivity index (χ4v) is 2.94. The van der Waals surface area contributed by atoms with Crippen LogP contribution in [0.5, 0.6) is 0 Å². The Morgan fingerprint density at radius 1 is 1.40 bits per heavy atom. The first-order valence-corrected chi connectivity index (χ1v) is 7.51. The van der Waals surface area contributed by atoms with Crippen LogP contribution in [-0.2, 0) is 0 Å². The molecule has 0 bridgehead atoms. The third kappa shape index (κ3) is 3.76. The van der Waals surface area contributed by atoms with Crippen molar-refractivity contribution in [3.63, 3.8) is 0 Å². The number of hydrogen-bond acceptors (Lipinski definition) is 2. The van der Waals surface area contributed by atoms with Gasteiger partial charge in [0.2, 0.25) is 0 Å². The Kier molecular flexibility index (Phi) is 5.49. The summed E-state index contributed by atoms with van der Waals surface area (Å²) in [5.74, 6) is -0.730. The van der Waals surface area contributed by atoms with Crippen LogP contribution in [-0.4, -0.2) is 31.1 Å². The van der Waals surface area contributed by atoms with Gasteiger partial charge in [-0.3, -0.25) is 0 Å². The van der Waals surface area contributed by atoms with Crippen molar-refractivity contribution in [2.45, 2.75) is 32.7 Å². The third-order valence-corrected chi connectivity index (χ3v) is 4.05. The van der Waals surface area contributed by atoms with E-state index >= 15 is 0 Å². The molecule has 1 aliphatic rings. The summed E-state index contributed by atoms with van der Waals surface area (Å²) in [5, 5.41) is 3.27. The van der Waals surface area contributed by atoms with Gasteiger partial charge in [-0.05, 0) is 44.5 Å². The molecule has 2 rings (SSSR count). The number of benzene rings is 1. The maximum absolute atomic E-state index is 13.9. The molecule has 0 amide bonds. The van der Waals surface area contributed by atoms with Gasteiger partial charge in [0.25, 0.3) is 0 Å². The van der Waals surface area contributed by atoms with Crippen molar-refractivity contribution in [2.75, 3.05) is 26.2 Å². The van der Waals surface area contributed by atoms with Crippen molar-refractivity contribution in [3.8, 4) is 0 Å². The van der Waals surface area contributed by atoms with Crippen LogP contribution < -0.4 is 5.32 Å². The van der Waals surface area contributed by atoms with Crippen molar-refractivity contribution in [3.05, 3.63) is 35.4 Å².